The number of hydrogen-bond donors (Lipinski definition) is 1. The predicted molar refractivity (Wildman–Crippen MR) is 61.4 cm³/mol. The number of rotatable bonds is 6. The number of nitrogens with zero attached hydrogens (tertiary/aromatic N) is 2. The third-order valence-electron chi connectivity index (χ3n) is 2.59. The molecule has 0 aromatic carbocycles. The molecule has 0 aliphatic carbocycles. The first-order valence-corrected chi connectivity index (χ1v) is 5.41. The maximum absolute atomic E-state index is 5.34. The van der Waals surface area contributed by atoms with Gasteiger partial charge >= 0.3 is 0 Å². The van der Waals surface area contributed by atoms with Crippen LogP contribution in [0, 0.1) is 6.92 Å². The molecule has 0 radical (unpaired) electrons. The van der Waals surface area contributed by atoms with Crippen molar-refractivity contribution in [2.24, 2.45) is 7.05 Å². The fourth-order valence-electron chi connectivity index (χ4n) is 1.83. The van der Waals surface area contributed by atoms with E-state index in [2.05, 4.69) is 10.4 Å². The quantitative estimate of drug-likeness (QED) is 0.720. The van der Waals surface area contributed by atoms with Gasteiger partial charge in [-0.3, -0.25) is 0 Å². The molecular weight excluding hydrogens is 190 g/mol. The Morgan fingerprint density at radius 3 is 2.73 bits per heavy atom. The zero-order chi connectivity index (χ0) is 11.3. The van der Waals surface area contributed by atoms with Crippen LogP contribution in [0.15, 0.2) is 0 Å². The molecule has 1 aromatic heterocycles. The SMILES string of the molecule is CNCCCCc1c(C)nn(C)c1OC. The molecule has 0 saturated carbocycles. The molecule has 0 aliphatic heterocycles. The summed E-state index contributed by atoms with van der Waals surface area (Å²) in [5, 5.41) is 7.51. The molecule has 1 rings (SSSR count). The highest BCUT2D eigenvalue weighted by Gasteiger charge is 2.12. The van der Waals surface area contributed by atoms with Gasteiger partial charge in [-0.15, -0.1) is 0 Å². The summed E-state index contributed by atoms with van der Waals surface area (Å²) in [6.45, 7) is 3.11. The minimum atomic E-state index is 0.900. The molecule has 0 spiro atoms. The first kappa shape index (κ1) is 12.0. The molecule has 1 heterocycles. The zero-order valence-corrected chi connectivity index (χ0v) is 10.1. The van der Waals surface area contributed by atoms with Crippen LogP contribution in [0.3, 0.4) is 0 Å². The Kier molecular flexibility index (Phi) is 4.62. The van der Waals surface area contributed by atoms with Crippen molar-refractivity contribution < 1.29 is 4.74 Å². The van der Waals surface area contributed by atoms with E-state index in [4.69, 9.17) is 4.74 Å². The van der Waals surface area contributed by atoms with Gasteiger partial charge in [0.05, 0.1) is 12.8 Å². The van der Waals surface area contributed by atoms with E-state index in [0.29, 0.717) is 0 Å². The van der Waals surface area contributed by atoms with Gasteiger partial charge in [-0.1, -0.05) is 0 Å². The molecule has 4 heteroatoms. The summed E-state index contributed by atoms with van der Waals surface area (Å²) in [7, 11) is 5.60. The lowest BCUT2D eigenvalue weighted by molar-refractivity contribution is 0.368. The summed E-state index contributed by atoms with van der Waals surface area (Å²) in [5.74, 6) is 0.900. The van der Waals surface area contributed by atoms with Gasteiger partial charge in [-0.25, -0.2) is 4.68 Å². The van der Waals surface area contributed by atoms with Crippen molar-refractivity contribution in [2.75, 3.05) is 20.7 Å². The lowest BCUT2D eigenvalue weighted by atomic mass is 10.1. The Hall–Kier alpha value is -1.03. The van der Waals surface area contributed by atoms with Crippen molar-refractivity contribution in [3.8, 4) is 5.88 Å². The third kappa shape index (κ3) is 2.96. The van der Waals surface area contributed by atoms with E-state index < -0.39 is 0 Å². The van der Waals surface area contributed by atoms with Gasteiger partial charge < -0.3 is 10.1 Å². The van der Waals surface area contributed by atoms with Crippen molar-refractivity contribution >= 4 is 0 Å². The molecule has 0 bridgehead atoms. The molecule has 0 atom stereocenters. The monoisotopic (exact) mass is 211 g/mol. The van der Waals surface area contributed by atoms with E-state index in [-0.39, 0.29) is 0 Å². The topological polar surface area (TPSA) is 39.1 Å². The Bertz CT molecular complexity index is 307. The van der Waals surface area contributed by atoms with Crippen LogP contribution in [0.25, 0.3) is 0 Å². The summed E-state index contributed by atoms with van der Waals surface area (Å²) in [5.41, 5.74) is 2.33. The molecule has 0 aliphatic rings. The highest BCUT2D eigenvalue weighted by Crippen LogP contribution is 2.22. The van der Waals surface area contributed by atoms with Gasteiger partial charge in [0.25, 0.3) is 0 Å². The number of unbranched alkanes of at least 4 members (excludes halogenated alkanes) is 1. The molecule has 0 saturated heterocycles. The van der Waals surface area contributed by atoms with Crippen LogP contribution in [-0.2, 0) is 13.5 Å². The van der Waals surface area contributed by atoms with E-state index in [0.717, 1.165) is 24.5 Å². The first-order chi connectivity index (χ1) is 7.20. The average molecular weight is 211 g/mol. The standard InChI is InChI=1S/C11H21N3O/c1-9-10(7-5-6-8-12-2)11(15-4)14(3)13-9/h12H,5-8H2,1-4H3. The normalized spacial score (nSPS) is 10.7. The minimum absolute atomic E-state index is 0.900. The zero-order valence-electron chi connectivity index (χ0n) is 10.1. The molecule has 15 heavy (non-hydrogen) atoms. The van der Waals surface area contributed by atoms with Crippen LogP contribution in [0.2, 0.25) is 0 Å². The van der Waals surface area contributed by atoms with Crippen LogP contribution in [0.4, 0.5) is 0 Å². The molecule has 1 aromatic rings. The highest BCUT2D eigenvalue weighted by atomic mass is 16.5. The van der Waals surface area contributed by atoms with E-state index in [1.165, 1.54) is 18.4 Å². The van der Waals surface area contributed by atoms with Gasteiger partial charge in [-0.2, -0.15) is 5.10 Å². The Morgan fingerprint density at radius 2 is 2.13 bits per heavy atom. The maximum atomic E-state index is 5.34. The molecule has 0 fully saturated rings. The van der Waals surface area contributed by atoms with E-state index in [9.17, 15) is 0 Å². The van der Waals surface area contributed by atoms with Crippen molar-refractivity contribution in [2.45, 2.75) is 26.2 Å². The van der Waals surface area contributed by atoms with Crippen LogP contribution >= 0.6 is 0 Å². The first-order valence-electron chi connectivity index (χ1n) is 5.41. The average Bonchev–Trinajstić information content (AvgIpc) is 2.48. The summed E-state index contributed by atoms with van der Waals surface area (Å²) in [6, 6.07) is 0. The van der Waals surface area contributed by atoms with E-state index in [1.54, 1.807) is 7.11 Å². The van der Waals surface area contributed by atoms with Crippen LogP contribution in [0.1, 0.15) is 24.1 Å². The third-order valence-corrected chi connectivity index (χ3v) is 2.59. The number of aromatic nitrogens is 2. The van der Waals surface area contributed by atoms with Gasteiger partial charge in [0, 0.05) is 12.6 Å². The van der Waals surface area contributed by atoms with Gasteiger partial charge in [0.2, 0.25) is 5.88 Å². The highest BCUT2D eigenvalue weighted by molar-refractivity contribution is 5.30. The number of aryl methyl sites for hydroxylation is 2. The van der Waals surface area contributed by atoms with E-state index >= 15 is 0 Å². The molecule has 4 nitrogen and oxygen atoms in total. The van der Waals surface area contributed by atoms with Gasteiger partial charge in [0.15, 0.2) is 0 Å². The lowest BCUT2D eigenvalue weighted by Gasteiger charge is -2.04. The second-order valence-corrected chi connectivity index (χ2v) is 3.76. The van der Waals surface area contributed by atoms with Gasteiger partial charge in [0.1, 0.15) is 0 Å². The maximum Gasteiger partial charge on any atom is 0.214 e. The Labute approximate surface area is 91.6 Å². The van der Waals surface area contributed by atoms with Crippen molar-refractivity contribution in [1.29, 1.82) is 0 Å². The summed E-state index contributed by atoms with van der Waals surface area (Å²) in [4.78, 5) is 0. The minimum Gasteiger partial charge on any atom is -0.481 e. The lowest BCUT2D eigenvalue weighted by Crippen LogP contribution is -2.07. The van der Waals surface area contributed by atoms with E-state index in [1.807, 2.05) is 25.7 Å². The second-order valence-electron chi connectivity index (χ2n) is 3.76. The van der Waals surface area contributed by atoms with Crippen LogP contribution in [-0.4, -0.2) is 30.5 Å². The smallest absolute Gasteiger partial charge is 0.214 e. The fourth-order valence-corrected chi connectivity index (χ4v) is 1.83. The Balaban J connectivity index is 2.59. The molecule has 0 unspecified atom stereocenters. The number of ether oxygens (including phenoxy) is 1. The van der Waals surface area contributed by atoms with Gasteiger partial charge in [-0.05, 0) is 39.8 Å². The summed E-state index contributed by atoms with van der Waals surface area (Å²) >= 11 is 0. The number of methoxy groups -OCH3 is 1. The van der Waals surface area contributed by atoms with Crippen molar-refractivity contribution in [3.05, 3.63) is 11.3 Å². The fraction of sp³-hybridized carbons (Fsp3) is 0.727. The van der Waals surface area contributed by atoms with Crippen molar-refractivity contribution in [3.63, 3.8) is 0 Å². The van der Waals surface area contributed by atoms with Crippen LogP contribution in [0.5, 0.6) is 5.88 Å². The molecule has 1 N–H and O–H groups in total. The largest absolute Gasteiger partial charge is 0.481 e. The summed E-state index contributed by atoms with van der Waals surface area (Å²) < 4.78 is 7.15. The Morgan fingerprint density at radius 1 is 1.40 bits per heavy atom. The molecular formula is C11H21N3O. The molecule has 0 amide bonds. The number of nitrogens with one attached hydrogen (secondary N) is 1. The predicted octanol–water partition coefficient (Wildman–Crippen LogP) is 1.28. The number of hydrogen-bond acceptors (Lipinski definition) is 3. The second kappa shape index (κ2) is 5.75. The molecule has 86 valence electrons. The van der Waals surface area contributed by atoms with Crippen molar-refractivity contribution in [1.82, 2.24) is 15.1 Å². The summed E-state index contributed by atoms with van der Waals surface area (Å²) in [6.07, 6.45) is 3.41. The van der Waals surface area contributed by atoms with Crippen LogP contribution < -0.4 is 10.1 Å².